The van der Waals surface area contributed by atoms with Gasteiger partial charge in [-0.3, -0.25) is 9.80 Å². The average Bonchev–Trinajstić information content (AvgIpc) is 2.76. The Balaban J connectivity index is 1.99. The van der Waals surface area contributed by atoms with Crippen LogP contribution in [-0.2, 0) is 0 Å². The molecule has 3 atom stereocenters. The Hall–Kier alpha value is -0.630. The molecule has 2 fully saturated rings. The van der Waals surface area contributed by atoms with Gasteiger partial charge in [-0.05, 0) is 40.3 Å². The van der Waals surface area contributed by atoms with E-state index < -0.39 is 5.54 Å². The van der Waals surface area contributed by atoms with E-state index in [0.717, 1.165) is 25.7 Å². The summed E-state index contributed by atoms with van der Waals surface area (Å²) in [5.41, 5.74) is -0.422. The Bertz CT molecular complexity index is 311. The van der Waals surface area contributed by atoms with Gasteiger partial charge in [0.15, 0.2) is 0 Å². The van der Waals surface area contributed by atoms with Crippen LogP contribution in [0.5, 0.6) is 0 Å². The molecule has 2 saturated heterocycles. The Kier molecular flexibility index (Phi) is 3.72. The molecule has 0 aromatic heterocycles. The Morgan fingerprint density at radius 1 is 1.47 bits per heavy atom. The first-order chi connectivity index (χ1) is 8.08. The molecular weight excluding hydrogens is 212 g/mol. The molecule has 0 amide bonds. The highest BCUT2D eigenvalue weighted by atomic mass is 15.3. The molecule has 0 aliphatic carbocycles. The molecule has 4 heteroatoms. The van der Waals surface area contributed by atoms with E-state index in [1.807, 2.05) is 14.0 Å². The molecule has 0 saturated carbocycles. The van der Waals surface area contributed by atoms with Gasteiger partial charge in [-0.1, -0.05) is 0 Å². The minimum absolute atomic E-state index is 0.422. The van der Waals surface area contributed by atoms with Gasteiger partial charge in [-0.2, -0.15) is 5.26 Å². The highest BCUT2D eigenvalue weighted by Gasteiger charge is 2.37. The number of rotatable bonds is 3. The molecule has 17 heavy (non-hydrogen) atoms. The van der Waals surface area contributed by atoms with Gasteiger partial charge in [-0.25, -0.2) is 0 Å². The molecule has 3 unspecified atom stereocenters. The maximum Gasteiger partial charge on any atom is 0.116 e. The number of nitrogens with one attached hydrogen (secondary N) is 1. The molecule has 4 nitrogen and oxygen atoms in total. The van der Waals surface area contributed by atoms with Crippen LogP contribution in [0.4, 0.5) is 0 Å². The van der Waals surface area contributed by atoms with E-state index in [1.54, 1.807) is 0 Å². The quantitative estimate of drug-likeness (QED) is 0.781. The summed E-state index contributed by atoms with van der Waals surface area (Å²) in [7, 11) is 1.87. The Morgan fingerprint density at radius 3 is 2.88 bits per heavy atom. The van der Waals surface area contributed by atoms with Gasteiger partial charge in [-0.15, -0.1) is 0 Å². The second kappa shape index (κ2) is 4.93. The van der Waals surface area contributed by atoms with Crippen LogP contribution in [0.1, 0.15) is 26.7 Å². The zero-order valence-corrected chi connectivity index (χ0v) is 11.2. The fourth-order valence-electron chi connectivity index (χ4n) is 3.04. The third-order valence-corrected chi connectivity index (χ3v) is 4.38. The predicted molar refractivity (Wildman–Crippen MR) is 68.7 cm³/mol. The lowest BCUT2D eigenvalue weighted by molar-refractivity contribution is 0.0478. The van der Waals surface area contributed by atoms with Gasteiger partial charge in [0.05, 0.1) is 6.07 Å². The van der Waals surface area contributed by atoms with Gasteiger partial charge < -0.3 is 5.32 Å². The molecule has 1 N–H and O–H groups in total. The van der Waals surface area contributed by atoms with Crippen LogP contribution >= 0.6 is 0 Å². The second-order valence-electron chi connectivity index (χ2n) is 5.76. The van der Waals surface area contributed by atoms with Crippen LogP contribution < -0.4 is 5.32 Å². The highest BCUT2D eigenvalue weighted by molar-refractivity contribution is 5.06. The summed E-state index contributed by atoms with van der Waals surface area (Å²) in [5.74, 6) is 0. The zero-order valence-electron chi connectivity index (χ0n) is 11.2. The standard InChI is InChI=1S/C13H24N4/c1-11-7-16-6-4-5-12(16)8-17(11)10-13(2,9-14)15-3/h11-12,15H,4-8,10H2,1-3H3. The van der Waals surface area contributed by atoms with Gasteiger partial charge in [0.25, 0.3) is 0 Å². The number of piperazine rings is 1. The molecule has 2 aliphatic rings. The van der Waals surface area contributed by atoms with E-state index in [4.69, 9.17) is 0 Å². The monoisotopic (exact) mass is 236 g/mol. The summed E-state index contributed by atoms with van der Waals surface area (Å²) < 4.78 is 0. The Labute approximate surface area is 105 Å². The van der Waals surface area contributed by atoms with E-state index in [2.05, 4.69) is 28.1 Å². The van der Waals surface area contributed by atoms with Crippen LogP contribution in [0, 0.1) is 11.3 Å². The molecule has 2 rings (SSSR count). The molecule has 0 spiro atoms. The first kappa shape index (κ1) is 12.8. The highest BCUT2D eigenvalue weighted by Crippen LogP contribution is 2.25. The summed E-state index contributed by atoms with van der Waals surface area (Å²) in [4.78, 5) is 5.09. The molecule has 0 bridgehead atoms. The van der Waals surface area contributed by atoms with Crippen LogP contribution in [0.15, 0.2) is 0 Å². The molecule has 0 aromatic rings. The largest absolute Gasteiger partial charge is 0.302 e. The van der Waals surface area contributed by atoms with Crippen molar-refractivity contribution >= 4 is 0 Å². The van der Waals surface area contributed by atoms with Crippen molar-refractivity contribution in [2.75, 3.05) is 33.2 Å². The maximum atomic E-state index is 9.24. The van der Waals surface area contributed by atoms with E-state index in [0.29, 0.717) is 6.04 Å². The van der Waals surface area contributed by atoms with E-state index in [1.165, 1.54) is 19.4 Å². The Morgan fingerprint density at radius 2 is 2.24 bits per heavy atom. The van der Waals surface area contributed by atoms with Crippen molar-refractivity contribution in [2.45, 2.75) is 44.3 Å². The average molecular weight is 236 g/mol. The minimum atomic E-state index is -0.422. The zero-order chi connectivity index (χ0) is 12.5. The molecule has 0 aromatic carbocycles. The van der Waals surface area contributed by atoms with Crippen LogP contribution in [0.2, 0.25) is 0 Å². The van der Waals surface area contributed by atoms with Gasteiger partial charge in [0, 0.05) is 31.7 Å². The molecule has 96 valence electrons. The van der Waals surface area contributed by atoms with Crippen molar-refractivity contribution in [1.82, 2.24) is 15.1 Å². The maximum absolute atomic E-state index is 9.24. The summed E-state index contributed by atoms with van der Waals surface area (Å²) >= 11 is 0. The number of hydrogen-bond acceptors (Lipinski definition) is 4. The molecular formula is C13H24N4. The third kappa shape index (κ3) is 2.62. The first-order valence-corrected chi connectivity index (χ1v) is 6.66. The molecule has 0 radical (unpaired) electrons. The lowest BCUT2D eigenvalue weighted by Crippen LogP contribution is -2.60. The van der Waals surface area contributed by atoms with Gasteiger partial charge in [0.1, 0.15) is 5.54 Å². The summed E-state index contributed by atoms with van der Waals surface area (Å²) in [6, 6.07) is 3.68. The van der Waals surface area contributed by atoms with Crippen LogP contribution in [-0.4, -0.2) is 60.6 Å². The lowest BCUT2D eigenvalue weighted by Gasteiger charge is -2.44. The van der Waals surface area contributed by atoms with Crippen molar-refractivity contribution in [3.05, 3.63) is 0 Å². The number of hydrogen-bond donors (Lipinski definition) is 1. The second-order valence-corrected chi connectivity index (χ2v) is 5.76. The SMILES string of the molecule is CNC(C)(C#N)CN1CC2CCCN2CC1C. The molecule has 2 heterocycles. The summed E-state index contributed by atoms with van der Waals surface area (Å²) in [6.45, 7) is 8.65. The number of nitrogens with zero attached hydrogens (tertiary/aromatic N) is 3. The van der Waals surface area contributed by atoms with Gasteiger partial charge >= 0.3 is 0 Å². The smallest absolute Gasteiger partial charge is 0.116 e. The van der Waals surface area contributed by atoms with Gasteiger partial charge in [0.2, 0.25) is 0 Å². The summed E-state index contributed by atoms with van der Waals surface area (Å²) in [6.07, 6.45) is 2.67. The third-order valence-electron chi connectivity index (χ3n) is 4.38. The number of fused-ring (bicyclic) bond motifs is 1. The van der Waals surface area contributed by atoms with Crippen molar-refractivity contribution in [2.24, 2.45) is 0 Å². The fraction of sp³-hybridized carbons (Fsp3) is 0.923. The van der Waals surface area contributed by atoms with Crippen molar-refractivity contribution < 1.29 is 0 Å². The predicted octanol–water partition coefficient (Wildman–Crippen LogP) is 0.657. The topological polar surface area (TPSA) is 42.3 Å². The van der Waals surface area contributed by atoms with Crippen molar-refractivity contribution in [3.63, 3.8) is 0 Å². The van der Waals surface area contributed by atoms with Crippen LogP contribution in [0.25, 0.3) is 0 Å². The van der Waals surface area contributed by atoms with Crippen molar-refractivity contribution in [3.8, 4) is 6.07 Å². The lowest BCUT2D eigenvalue weighted by atomic mass is 10.0. The number of likely N-dealkylation sites (N-methyl/N-ethyl adjacent to an activating group) is 1. The van der Waals surface area contributed by atoms with E-state index >= 15 is 0 Å². The fourth-order valence-corrected chi connectivity index (χ4v) is 3.04. The van der Waals surface area contributed by atoms with Crippen LogP contribution in [0.3, 0.4) is 0 Å². The molecule has 2 aliphatic heterocycles. The van der Waals surface area contributed by atoms with E-state index in [-0.39, 0.29) is 0 Å². The minimum Gasteiger partial charge on any atom is -0.302 e. The first-order valence-electron chi connectivity index (χ1n) is 6.66. The van der Waals surface area contributed by atoms with E-state index in [9.17, 15) is 5.26 Å². The number of nitriles is 1. The summed E-state index contributed by atoms with van der Waals surface area (Å²) in [5, 5.41) is 12.4. The van der Waals surface area contributed by atoms with Crippen molar-refractivity contribution in [1.29, 1.82) is 5.26 Å². The normalized spacial score (nSPS) is 34.0.